The van der Waals surface area contributed by atoms with Crippen molar-refractivity contribution in [3.8, 4) is 0 Å². The van der Waals surface area contributed by atoms with Crippen molar-refractivity contribution in [2.45, 2.75) is 44.1 Å². The average molecular weight is 233 g/mol. The number of aromatic nitrogens is 2. The highest BCUT2D eigenvalue weighted by atomic mass is 32.1. The van der Waals surface area contributed by atoms with Gasteiger partial charge in [0.25, 0.3) is 0 Å². The molecule has 0 aromatic carbocycles. The van der Waals surface area contributed by atoms with Gasteiger partial charge >= 0.3 is 0 Å². The van der Waals surface area contributed by atoms with E-state index in [1.807, 2.05) is 0 Å². The smallest absolute Gasteiger partial charge is 0.248 e. The van der Waals surface area contributed by atoms with Crippen LogP contribution in [0.1, 0.15) is 41.6 Å². The van der Waals surface area contributed by atoms with Crippen molar-refractivity contribution < 1.29 is 8.78 Å². The molecule has 0 spiro atoms. The molecule has 1 aromatic rings. The Hall–Kier alpha value is -0.620. The Kier molecular flexibility index (Phi) is 2.97. The van der Waals surface area contributed by atoms with E-state index < -0.39 is 5.92 Å². The van der Waals surface area contributed by atoms with Crippen LogP contribution in [-0.2, 0) is 6.54 Å². The Morgan fingerprint density at radius 3 is 2.53 bits per heavy atom. The van der Waals surface area contributed by atoms with E-state index >= 15 is 0 Å². The van der Waals surface area contributed by atoms with Gasteiger partial charge in [-0.15, -0.1) is 10.2 Å². The minimum absolute atomic E-state index is 0.0325. The van der Waals surface area contributed by atoms with Gasteiger partial charge in [0.05, 0.1) is 0 Å². The molecule has 84 valence electrons. The van der Waals surface area contributed by atoms with Gasteiger partial charge in [0.2, 0.25) is 5.92 Å². The highest BCUT2D eigenvalue weighted by molar-refractivity contribution is 7.11. The number of hydrogen-bond donors (Lipinski definition) is 1. The SMILES string of the molecule is NCc1nnc(C2CCC(F)(F)CC2)s1. The van der Waals surface area contributed by atoms with E-state index in [1.54, 1.807) is 0 Å². The zero-order chi connectivity index (χ0) is 10.9. The third kappa shape index (κ3) is 2.49. The minimum Gasteiger partial charge on any atom is -0.324 e. The van der Waals surface area contributed by atoms with Crippen LogP contribution in [0.5, 0.6) is 0 Å². The minimum atomic E-state index is -2.47. The molecule has 0 radical (unpaired) electrons. The molecule has 1 heterocycles. The van der Waals surface area contributed by atoms with Crippen LogP contribution in [0.2, 0.25) is 0 Å². The number of hydrogen-bond acceptors (Lipinski definition) is 4. The van der Waals surface area contributed by atoms with E-state index in [4.69, 9.17) is 5.73 Å². The summed E-state index contributed by atoms with van der Waals surface area (Å²) in [5.74, 6) is -2.32. The Labute approximate surface area is 90.7 Å². The van der Waals surface area contributed by atoms with Gasteiger partial charge in [0.15, 0.2) is 0 Å². The first-order chi connectivity index (χ1) is 7.11. The van der Waals surface area contributed by atoms with Crippen LogP contribution >= 0.6 is 11.3 Å². The predicted molar refractivity (Wildman–Crippen MR) is 54.0 cm³/mol. The zero-order valence-corrected chi connectivity index (χ0v) is 9.07. The topological polar surface area (TPSA) is 51.8 Å². The predicted octanol–water partition coefficient (Wildman–Crippen LogP) is 2.29. The summed E-state index contributed by atoms with van der Waals surface area (Å²) in [6.45, 7) is 0.376. The fourth-order valence-corrected chi connectivity index (χ4v) is 2.69. The number of nitrogens with two attached hydrogens (primary N) is 1. The number of halogens is 2. The Morgan fingerprint density at radius 2 is 2.00 bits per heavy atom. The van der Waals surface area contributed by atoms with Crippen molar-refractivity contribution in [1.82, 2.24) is 10.2 Å². The Bertz CT molecular complexity index is 330. The molecule has 0 saturated heterocycles. The molecule has 0 atom stereocenters. The van der Waals surface area contributed by atoms with Gasteiger partial charge in [-0.05, 0) is 12.8 Å². The largest absolute Gasteiger partial charge is 0.324 e. The average Bonchev–Trinajstić information content (AvgIpc) is 2.66. The first-order valence-corrected chi connectivity index (χ1v) is 5.82. The number of nitrogens with zero attached hydrogens (tertiary/aromatic N) is 2. The van der Waals surface area contributed by atoms with Gasteiger partial charge in [-0.1, -0.05) is 11.3 Å². The van der Waals surface area contributed by atoms with Crippen LogP contribution in [0.15, 0.2) is 0 Å². The maximum Gasteiger partial charge on any atom is 0.248 e. The number of rotatable bonds is 2. The lowest BCUT2D eigenvalue weighted by Crippen LogP contribution is -2.23. The lowest BCUT2D eigenvalue weighted by atomic mass is 9.87. The molecule has 2 N–H and O–H groups in total. The van der Waals surface area contributed by atoms with Crippen LogP contribution < -0.4 is 5.73 Å². The van der Waals surface area contributed by atoms with Gasteiger partial charge in [-0.25, -0.2) is 8.78 Å². The summed E-state index contributed by atoms with van der Waals surface area (Å²) < 4.78 is 25.8. The molecule has 1 saturated carbocycles. The van der Waals surface area contributed by atoms with Crippen molar-refractivity contribution in [1.29, 1.82) is 0 Å². The summed E-state index contributed by atoms with van der Waals surface area (Å²) in [4.78, 5) is 0. The molecule has 1 fully saturated rings. The molecule has 15 heavy (non-hydrogen) atoms. The summed E-state index contributed by atoms with van der Waals surface area (Å²) in [6.07, 6.45) is 0.947. The van der Waals surface area contributed by atoms with E-state index in [2.05, 4.69) is 10.2 Å². The highest BCUT2D eigenvalue weighted by Gasteiger charge is 2.36. The van der Waals surface area contributed by atoms with Crippen molar-refractivity contribution in [3.05, 3.63) is 10.0 Å². The lowest BCUT2D eigenvalue weighted by molar-refractivity contribution is -0.0382. The van der Waals surface area contributed by atoms with Gasteiger partial charge in [-0.2, -0.15) is 0 Å². The molecule has 1 aliphatic carbocycles. The van der Waals surface area contributed by atoms with Crippen LogP contribution in [0.4, 0.5) is 8.78 Å². The van der Waals surface area contributed by atoms with Crippen LogP contribution in [0.25, 0.3) is 0 Å². The summed E-state index contributed by atoms with van der Waals surface area (Å²) in [7, 11) is 0. The summed E-state index contributed by atoms with van der Waals surface area (Å²) in [6, 6.07) is 0. The summed E-state index contributed by atoms with van der Waals surface area (Å²) >= 11 is 1.45. The van der Waals surface area contributed by atoms with E-state index in [9.17, 15) is 8.78 Å². The number of alkyl halides is 2. The van der Waals surface area contributed by atoms with Gasteiger partial charge in [0, 0.05) is 25.3 Å². The normalized spacial score (nSPS) is 21.8. The first kappa shape index (κ1) is 10.9. The Balaban J connectivity index is 2.01. The standard InChI is InChI=1S/C9H13F2N3S/c10-9(11)3-1-6(2-4-9)8-14-13-7(5-12)15-8/h6H,1-5,12H2. The maximum atomic E-state index is 12.9. The van der Waals surface area contributed by atoms with Crippen LogP contribution in [-0.4, -0.2) is 16.1 Å². The van der Waals surface area contributed by atoms with E-state index in [1.165, 1.54) is 11.3 Å². The summed E-state index contributed by atoms with van der Waals surface area (Å²) in [5.41, 5.74) is 5.42. The molecular weight excluding hydrogens is 220 g/mol. The molecule has 1 aromatic heterocycles. The van der Waals surface area contributed by atoms with Crippen molar-refractivity contribution in [2.24, 2.45) is 5.73 Å². The fraction of sp³-hybridized carbons (Fsp3) is 0.778. The second-order valence-corrected chi connectivity index (χ2v) is 4.96. The lowest BCUT2D eigenvalue weighted by Gasteiger charge is -2.26. The second kappa shape index (κ2) is 4.09. The quantitative estimate of drug-likeness (QED) is 0.852. The third-order valence-corrected chi connectivity index (χ3v) is 3.83. The van der Waals surface area contributed by atoms with Crippen molar-refractivity contribution in [2.75, 3.05) is 0 Å². The molecule has 0 bridgehead atoms. The molecule has 2 rings (SSSR count). The fourth-order valence-electron chi connectivity index (χ4n) is 1.80. The molecule has 3 nitrogen and oxygen atoms in total. The van der Waals surface area contributed by atoms with Crippen LogP contribution in [0.3, 0.4) is 0 Å². The van der Waals surface area contributed by atoms with Gasteiger partial charge in [0.1, 0.15) is 10.0 Å². The highest BCUT2D eigenvalue weighted by Crippen LogP contribution is 2.41. The Morgan fingerprint density at radius 1 is 1.33 bits per heavy atom. The van der Waals surface area contributed by atoms with Crippen molar-refractivity contribution >= 4 is 11.3 Å². The van der Waals surface area contributed by atoms with E-state index in [-0.39, 0.29) is 18.8 Å². The molecule has 0 unspecified atom stereocenters. The van der Waals surface area contributed by atoms with Gasteiger partial charge < -0.3 is 5.73 Å². The maximum absolute atomic E-state index is 12.9. The zero-order valence-electron chi connectivity index (χ0n) is 8.25. The van der Waals surface area contributed by atoms with E-state index in [0.717, 1.165) is 10.0 Å². The first-order valence-electron chi connectivity index (χ1n) is 5.01. The molecular formula is C9H13F2N3S. The molecule has 0 aliphatic heterocycles. The van der Waals surface area contributed by atoms with E-state index in [0.29, 0.717) is 19.4 Å². The molecule has 0 amide bonds. The second-order valence-electron chi connectivity index (χ2n) is 3.87. The van der Waals surface area contributed by atoms with Gasteiger partial charge in [-0.3, -0.25) is 0 Å². The molecule has 6 heteroatoms. The van der Waals surface area contributed by atoms with Crippen LogP contribution in [0, 0.1) is 0 Å². The summed E-state index contributed by atoms with van der Waals surface area (Å²) in [5, 5.41) is 9.55. The van der Waals surface area contributed by atoms with Crippen molar-refractivity contribution in [3.63, 3.8) is 0 Å². The third-order valence-electron chi connectivity index (χ3n) is 2.72. The molecule has 1 aliphatic rings. The monoisotopic (exact) mass is 233 g/mol.